The van der Waals surface area contributed by atoms with E-state index < -0.39 is 41.8 Å². The van der Waals surface area contributed by atoms with Gasteiger partial charge in [-0.15, -0.1) is 0 Å². The second-order valence-corrected chi connectivity index (χ2v) is 11.5. The van der Waals surface area contributed by atoms with Crippen LogP contribution in [-0.4, -0.2) is 44.9 Å². The molecule has 4 rings (SSSR count). The summed E-state index contributed by atoms with van der Waals surface area (Å²) in [5.74, 6) is -0.337. The number of anilines is 1. The Hall–Kier alpha value is -4.12. The molecule has 2 aromatic carbocycles. The van der Waals surface area contributed by atoms with Crippen LogP contribution in [0, 0.1) is 30.9 Å². The van der Waals surface area contributed by atoms with Gasteiger partial charge in [0.1, 0.15) is 35.5 Å². The molecular formula is C31H37F3N6O2. The number of nitrogens with zero attached hydrogens (tertiary/aromatic N) is 4. The minimum absolute atomic E-state index is 0.00175. The monoisotopic (exact) mass is 582 g/mol. The van der Waals surface area contributed by atoms with Gasteiger partial charge in [0.25, 0.3) is 0 Å². The fourth-order valence-electron chi connectivity index (χ4n) is 4.94. The lowest BCUT2D eigenvalue weighted by Gasteiger charge is -2.40. The van der Waals surface area contributed by atoms with Gasteiger partial charge in [0.2, 0.25) is 0 Å². The van der Waals surface area contributed by atoms with E-state index in [1.54, 1.807) is 24.9 Å². The fraction of sp³-hybridized carbons (Fsp3) is 0.387. The number of amides is 2. The Balaban J connectivity index is 1.87. The Morgan fingerprint density at radius 3 is 2.48 bits per heavy atom. The quantitative estimate of drug-likeness (QED) is 0.214. The number of halogens is 3. The fourth-order valence-corrected chi connectivity index (χ4v) is 4.94. The van der Waals surface area contributed by atoms with Crippen molar-refractivity contribution in [3.05, 3.63) is 89.2 Å². The maximum atomic E-state index is 14.9. The lowest BCUT2D eigenvalue weighted by Crippen LogP contribution is -2.46. The standard InChI is InChI=1S/C31H37F3N6O2/c1-19-27(20(2)42-38-19)37-30(41)40(14-13-23(35)16-32)28(31(3,4)5)29-36-26(24-15-22(33)11-12-25(24)34)18-39(29)17-21-9-7-6-8-10-21/h6-12,15,18,23,28H,13-14,16-17,35H2,1-5H3,(H,37,41)/t23-,28-/m0/s1. The summed E-state index contributed by atoms with van der Waals surface area (Å²) in [7, 11) is 0. The summed E-state index contributed by atoms with van der Waals surface area (Å²) >= 11 is 0. The molecule has 2 amide bonds. The van der Waals surface area contributed by atoms with Gasteiger partial charge in [0.15, 0.2) is 5.76 Å². The van der Waals surface area contributed by atoms with Crippen LogP contribution in [-0.2, 0) is 6.54 Å². The first-order chi connectivity index (χ1) is 19.9. The zero-order valence-corrected chi connectivity index (χ0v) is 24.5. The second kappa shape index (κ2) is 12.8. The first-order valence-electron chi connectivity index (χ1n) is 13.8. The van der Waals surface area contributed by atoms with E-state index in [0.717, 1.165) is 23.8 Å². The summed E-state index contributed by atoms with van der Waals surface area (Å²) < 4.78 is 49.6. The van der Waals surface area contributed by atoms with Crippen LogP contribution in [0.2, 0.25) is 0 Å². The molecule has 0 radical (unpaired) electrons. The van der Waals surface area contributed by atoms with Gasteiger partial charge in [-0.3, -0.25) is 0 Å². The molecule has 11 heteroatoms. The van der Waals surface area contributed by atoms with E-state index in [-0.39, 0.29) is 24.2 Å². The highest BCUT2D eigenvalue weighted by atomic mass is 19.1. The highest BCUT2D eigenvalue weighted by molar-refractivity contribution is 5.90. The van der Waals surface area contributed by atoms with Crippen LogP contribution in [0.4, 0.5) is 23.7 Å². The van der Waals surface area contributed by atoms with Crippen molar-refractivity contribution in [3.8, 4) is 11.3 Å². The molecule has 0 spiro atoms. The molecule has 0 bridgehead atoms. The number of nitrogens with two attached hydrogens (primary N) is 1. The van der Waals surface area contributed by atoms with Crippen molar-refractivity contribution < 1.29 is 22.5 Å². The van der Waals surface area contributed by atoms with Crippen molar-refractivity contribution in [2.24, 2.45) is 11.1 Å². The third kappa shape index (κ3) is 7.02. The van der Waals surface area contributed by atoms with Crippen molar-refractivity contribution in [1.82, 2.24) is 19.6 Å². The van der Waals surface area contributed by atoms with Crippen molar-refractivity contribution in [2.45, 2.75) is 59.7 Å². The minimum Gasteiger partial charge on any atom is -0.359 e. The number of imidazole rings is 1. The lowest BCUT2D eigenvalue weighted by molar-refractivity contribution is 0.113. The Bertz CT molecular complexity index is 1490. The number of aromatic nitrogens is 3. The van der Waals surface area contributed by atoms with Crippen LogP contribution >= 0.6 is 0 Å². The van der Waals surface area contributed by atoms with Gasteiger partial charge in [-0.05, 0) is 49.4 Å². The van der Waals surface area contributed by atoms with Gasteiger partial charge in [0, 0.05) is 30.9 Å². The molecular weight excluding hydrogens is 545 g/mol. The number of nitrogens with one attached hydrogen (secondary N) is 1. The van der Waals surface area contributed by atoms with Gasteiger partial charge in [-0.2, -0.15) is 0 Å². The number of rotatable bonds is 10. The average Bonchev–Trinajstić information content (AvgIpc) is 3.49. The topological polar surface area (TPSA) is 102 Å². The Morgan fingerprint density at radius 2 is 1.86 bits per heavy atom. The Morgan fingerprint density at radius 1 is 1.14 bits per heavy atom. The van der Waals surface area contributed by atoms with Crippen molar-refractivity contribution in [3.63, 3.8) is 0 Å². The molecule has 0 saturated carbocycles. The molecule has 42 heavy (non-hydrogen) atoms. The maximum Gasteiger partial charge on any atom is 0.322 e. The summed E-state index contributed by atoms with van der Waals surface area (Å²) in [6.45, 7) is 8.97. The van der Waals surface area contributed by atoms with E-state index in [4.69, 9.17) is 15.2 Å². The number of hydrogen-bond acceptors (Lipinski definition) is 5. The Labute approximate surface area is 243 Å². The van der Waals surface area contributed by atoms with Gasteiger partial charge >= 0.3 is 6.03 Å². The van der Waals surface area contributed by atoms with Crippen molar-refractivity contribution >= 4 is 11.7 Å². The second-order valence-electron chi connectivity index (χ2n) is 11.5. The van der Waals surface area contributed by atoms with Crippen LogP contribution in [0.5, 0.6) is 0 Å². The van der Waals surface area contributed by atoms with Crippen molar-refractivity contribution in [1.29, 1.82) is 0 Å². The molecule has 2 heterocycles. The number of carbonyl (C=O) groups excluding carboxylic acids is 1. The van der Waals surface area contributed by atoms with Gasteiger partial charge in [-0.25, -0.2) is 22.9 Å². The number of aryl methyl sites for hydroxylation is 2. The molecule has 0 saturated heterocycles. The van der Waals surface area contributed by atoms with Gasteiger partial charge < -0.3 is 25.0 Å². The molecule has 0 aliphatic carbocycles. The van der Waals surface area contributed by atoms with Crippen LogP contribution in [0.1, 0.15) is 56.1 Å². The molecule has 0 aliphatic heterocycles. The largest absolute Gasteiger partial charge is 0.359 e. The maximum absolute atomic E-state index is 14.9. The molecule has 224 valence electrons. The minimum atomic E-state index is -0.777. The third-order valence-corrected chi connectivity index (χ3v) is 7.05. The summed E-state index contributed by atoms with van der Waals surface area (Å²) in [5, 5.41) is 6.82. The zero-order valence-electron chi connectivity index (χ0n) is 24.5. The summed E-state index contributed by atoms with van der Waals surface area (Å²) in [6.07, 6.45) is 1.85. The van der Waals surface area contributed by atoms with E-state index >= 15 is 0 Å². The predicted molar refractivity (Wildman–Crippen MR) is 156 cm³/mol. The number of urea groups is 1. The number of benzene rings is 2. The molecule has 8 nitrogen and oxygen atoms in total. The predicted octanol–water partition coefficient (Wildman–Crippen LogP) is 6.79. The highest BCUT2D eigenvalue weighted by Crippen LogP contribution is 2.40. The highest BCUT2D eigenvalue weighted by Gasteiger charge is 2.39. The summed E-state index contributed by atoms with van der Waals surface area (Å²) in [5.41, 5.74) is 7.43. The smallest absolute Gasteiger partial charge is 0.322 e. The first kappa shape index (κ1) is 30.8. The third-order valence-electron chi connectivity index (χ3n) is 7.05. The Kier molecular flexibility index (Phi) is 9.40. The van der Waals surface area contributed by atoms with E-state index in [0.29, 0.717) is 29.5 Å². The van der Waals surface area contributed by atoms with Gasteiger partial charge in [0.05, 0.1) is 11.7 Å². The SMILES string of the molecule is Cc1noc(C)c1NC(=O)N(CC[C@H](N)CF)[C@@H](c1nc(-c2cc(F)ccc2F)cn1Cc1ccccc1)C(C)(C)C. The first-order valence-corrected chi connectivity index (χ1v) is 13.8. The lowest BCUT2D eigenvalue weighted by atomic mass is 9.84. The summed E-state index contributed by atoms with van der Waals surface area (Å²) in [6, 6.07) is 10.9. The molecule has 0 fully saturated rings. The molecule has 0 unspecified atom stereocenters. The number of carbonyl (C=O) groups is 1. The van der Waals surface area contributed by atoms with E-state index in [2.05, 4.69) is 10.5 Å². The van der Waals surface area contributed by atoms with Gasteiger partial charge in [-0.1, -0.05) is 56.3 Å². The van der Waals surface area contributed by atoms with Crippen LogP contribution in [0.15, 0.2) is 59.3 Å². The van der Waals surface area contributed by atoms with E-state index in [9.17, 15) is 18.0 Å². The molecule has 0 aliphatic rings. The van der Waals surface area contributed by atoms with Crippen LogP contribution in [0.25, 0.3) is 11.3 Å². The molecule has 4 aromatic rings. The van der Waals surface area contributed by atoms with Crippen LogP contribution < -0.4 is 11.1 Å². The summed E-state index contributed by atoms with van der Waals surface area (Å²) in [4.78, 5) is 20.4. The number of alkyl halides is 1. The molecule has 3 N–H and O–H groups in total. The van der Waals surface area contributed by atoms with E-state index in [1.807, 2.05) is 55.7 Å². The average molecular weight is 583 g/mol. The number of hydrogen-bond donors (Lipinski definition) is 2. The molecule has 2 aromatic heterocycles. The normalized spacial score (nSPS) is 13.2. The van der Waals surface area contributed by atoms with E-state index in [1.165, 1.54) is 0 Å². The zero-order chi connectivity index (χ0) is 30.6. The van der Waals surface area contributed by atoms with Crippen molar-refractivity contribution in [2.75, 3.05) is 18.5 Å². The van der Waals surface area contributed by atoms with Crippen LogP contribution in [0.3, 0.4) is 0 Å². The molecule has 2 atom stereocenters.